The van der Waals surface area contributed by atoms with Crippen LogP contribution in [0.15, 0.2) is 6.20 Å². The number of hydrogen-bond donors (Lipinski definition) is 2. The third kappa shape index (κ3) is 2.80. The van der Waals surface area contributed by atoms with Crippen molar-refractivity contribution in [2.24, 2.45) is 0 Å². The minimum Gasteiger partial charge on any atom is -0.481 e. The van der Waals surface area contributed by atoms with Gasteiger partial charge in [-0.25, -0.2) is 0 Å². The zero-order valence-corrected chi connectivity index (χ0v) is 8.65. The fraction of sp³-hybridized carbons (Fsp3) is 0.444. The van der Waals surface area contributed by atoms with Crippen LogP contribution >= 0.6 is 0 Å². The van der Waals surface area contributed by atoms with Crippen LogP contribution in [0.2, 0.25) is 0 Å². The third-order valence-corrected chi connectivity index (χ3v) is 2.07. The Bertz CT molecular complexity index is 372. The van der Waals surface area contributed by atoms with E-state index in [1.165, 1.54) is 11.1 Å². The summed E-state index contributed by atoms with van der Waals surface area (Å²) >= 11 is 0. The summed E-state index contributed by atoms with van der Waals surface area (Å²) in [6.07, 6.45) is 1.38. The molecule has 0 saturated heterocycles. The number of amides is 1. The number of H-pyrrole nitrogens is 1. The Morgan fingerprint density at radius 2 is 2.27 bits per heavy atom. The smallest absolute Gasteiger partial charge is 0.305 e. The number of carbonyl (C=O) groups excluding carboxylic acids is 1. The average molecular weight is 211 g/mol. The second-order valence-corrected chi connectivity index (χ2v) is 3.28. The highest BCUT2D eigenvalue weighted by Crippen LogP contribution is 2.06. The summed E-state index contributed by atoms with van der Waals surface area (Å²) in [5.74, 6) is -1.14. The molecule has 0 fully saturated rings. The number of aliphatic carboxylic acids is 1. The maximum absolute atomic E-state index is 11.7. The largest absolute Gasteiger partial charge is 0.481 e. The first kappa shape index (κ1) is 11.2. The molecule has 0 aliphatic rings. The van der Waals surface area contributed by atoms with E-state index < -0.39 is 5.97 Å². The number of aryl methyl sites for hydroxylation is 1. The quantitative estimate of drug-likeness (QED) is 0.748. The first-order valence-corrected chi connectivity index (χ1v) is 4.49. The molecule has 6 heteroatoms. The number of nitrogens with one attached hydrogen (secondary N) is 1. The molecule has 0 radical (unpaired) electrons. The van der Waals surface area contributed by atoms with Crippen molar-refractivity contribution in [3.63, 3.8) is 0 Å². The Labute approximate surface area is 86.9 Å². The lowest BCUT2D eigenvalue weighted by Crippen LogP contribution is -2.29. The minimum absolute atomic E-state index is 0.0564. The summed E-state index contributed by atoms with van der Waals surface area (Å²) in [4.78, 5) is 23.4. The van der Waals surface area contributed by atoms with Crippen molar-refractivity contribution in [1.29, 1.82) is 0 Å². The number of carbonyl (C=O) groups is 2. The number of rotatable bonds is 4. The summed E-state index contributed by atoms with van der Waals surface area (Å²) in [5.41, 5.74) is 1.16. The van der Waals surface area contributed by atoms with Crippen LogP contribution in [0.1, 0.15) is 22.5 Å². The van der Waals surface area contributed by atoms with Gasteiger partial charge in [-0.15, -0.1) is 0 Å². The van der Waals surface area contributed by atoms with Gasteiger partial charge < -0.3 is 10.0 Å². The number of carboxylic acid groups (broad SMARTS) is 1. The molecule has 6 nitrogen and oxygen atoms in total. The first-order valence-electron chi connectivity index (χ1n) is 4.49. The molecule has 0 aliphatic carbocycles. The maximum atomic E-state index is 11.7. The minimum atomic E-state index is -0.918. The molecule has 1 aromatic heterocycles. The van der Waals surface area contributed by atoms with Gasteiger partial charge in [0.05, 0.1) is 18.2 Å². The van der Waals surface area contributed by atoms with Gasteiger partial charge in [0.1, 0.15) is 0 Å². The van der Waals surface area contributed by atoms with Crippen molar-refractivity contribution in [3.05, 3.63) is 17.5 Å². The molecular weight excluding hydrogens is 198 g/mol. The molecule has 15 heavy (non-hydrogen) atoms. The third-order valence-electron chi connectivity index (χ3n) is 2.07. The fourth-order valence-electron chi connectivity index (χ4n) is 1.14. The Morgan fingerprint density at radius 1 is 1.60 bits per heavy atom. The average Bonchev–Trinajstić information content (AvgIpc) is 2.59. The van der Waals surface area contributed by atoms with Gasteiger partial charge in [0.25, 0.3) is 5.91 Å². The second-order valence-electron chi connectivity index (χ2n) is 3.28. The Balaban J connectivity index is 2.61. The molecule has 0 unspecified atom stereocenters. The lowest BCUT2D eigenvalue weighted by molar-refractivity contribution is -0.137. The van der Waals surface area contributed by atoms with Gasteiger partial charge >= 0.3 is 5.97 Å². The summed E-state index contributed by atoms with van der Waals surface area (Å²) < 4.78 is 0. The monoisotopic (exact) mass is 211 g/mol. The van der Waals surface area contributed by atoms with Crippen LogP contribution < -0.4 is 0 Å². The fourth-order valence-corrected chi connectivity index (χ4v) is 1.14. The van der Waals surface area contributed by atoms with Crippen molar-refractivity contribution < 1.29 is 14.7 Å². The molecular formula is C9H13N3O3. The second kappa shape index (κ2) is 4.59. The predicted octanol–water partition coefficient (Wildman–Crippen LogP) is 0.265. The van der Waals surface area contributed by atoms with E-state index in [1.807, 2.05) is 0 Å². The van der Waals surface area contributed by atoms with Gasteiger partial charge in [0, 0.05) is 19.3 Å². The first-order chi connectivity index (χ1) is 7.02. The zero-order chi connectivity index (χ0) is 11.4. The molecule has 0 saturated carbocycles. The zero-order valence-electron chi connectivity index (χ0n) is 8.65. The Hall–Kier alpha value is -1.85. The summed E-state index contributed by atoms with van der Waals surface area (Å²) in [7, 11) is 1.57. The summed E-state index contributed by atoms with van der Waals surface area (Å²) in [5, 5.41) is 14.9. The molecule has 1 amide bonds. The van der Waals surface area contributed by atoms with E-state index in [2.05, 4.69) is 10.2 Å². The molecule has 1 heterocycles. The van der Waals surface area contributed by atoms with Gasteiger partial charge in [0.15, 0.2) is 0 Å². The topological polar surface area (TPSA) is 86.3 Å². The number of hydrogen-bond acceptors (Lipinski definition) is 3. The van der Waals surface area contributed by atoms with Crippen LogP contribution in [-0.4, -0.2) is 45.7 Å². The highest BCUT2D eigenvalue weighted by atomic mass is 16.4. The molecule has 0 bridgehead atoms. The standard InChI is InChI=1S/C9H13N3O3/c1-6-7(5-10-11-6)9(15)12(2)4-3-8(13)14/h5H,3-4H2,1-2H3,(H,10,11)(H,13,14). The maximum Gasteiger partial charge on any atom is 0.305 e. The number of aromatic nitrogens is 2. The van der Waals surface area contributed by atoms with Gasteiger partial charge in [0.2, 0.25) is 0 Å². The molecule has 0 atom stereocenters. The van der Waals surface area contributed by atoms with E-state index in [4.69, 9.17) is 5.11 Å². The molecule has 82 valence electrons. The summed E-state index contributed by atoms with van der Waals surface area (Å²) in [6.45, 7) is 1.93. The highest BCUT2D eigenvalue weighted by Gasteiger charge is 2.15. The van der Waals surface area contributed by atoms with Crippen molar-refractivity contribution in [3.8, 4) is 0 Å². The van der Waals surface area contributed by atoms with Gasteiger partial charge in [-0.2, -0.15) is 5.10 Å². The van der Waals surface area contributed by atoms with E-state index in [0.717, 1.165) is 0 Å². The number of nitrogens with zero attached hydrogens (tertiary/aromatic N) is 2. The van der Waals surface area contributed by atoms with Gasteiger partial charge in [-0.05, 0) is 6.92 Å². The number of aromatic amines is 1. The Morgan fingerprint density at radius 3 is 2.73 bits per heavy atom. The van der Waals surface area contributed by atoms with Crippen LogP contribution in [-0.2, 0) is 4.79 Å². The molecule has 2 N–H and O–H groups in total. The van der Waals surface area contributed by atoms with E-state index in [1.54, 1.807) is 14.0 Å². The Kier molecular flexibility index (Phi) is 3.43. The van der Waals surface area contributed by atoms with E-state index in [-0.39, 0.29) is 18.9 Å². The van der Waals surface area contributed by atoms with Crippen LogP contribution in [0, 0.1) is 6.92 Å². The molecule has 1 aromatic rings. The van der Waals surface area contributed by atoms with Crippen molar-refractivity contribution >= 4 is 11.9 Å². The normalized spacial score (nSPS) is 10.0. The van der Waals surface area contributed by atoms with Crippen LogP contribution in [0.5, 0.6) is 0 Å². The lowest BCUT2D eigenvalue weighted by atomic mass is 10.2. The van der Waals surface area contributed by atoms with Gasteiger partial charge in [-0.1, -0.05) is 0 Å². The van der Waals surface area contributed by atoms with Crippen LogP contribution in [0.3, 0.4) is 0 Å². The van der Waals surface area contributed by atoms with Crippen molar-refractivity contribution in [2.75, 3.05) is 13.6 Å². The summed E-state index contributed by atoms with van der Waals surface area (Å²) in [6, 6.07) is 0. The molecule has 0 aromatic carbocycles. The highest BCUT2D eigenvalue weighted by molar-refractivity contribution is 5.94. The van der Waals surface area contributed by atoms with E-state index in [0.29, 0.717) is 11.3 Å². The predicted molar refractivity (Wildman–Crippen MR) is 52.5 cm³/mol. The SMILES string of the molecule is Cc1[nH]ncc1C(=O)N(C)CCC(=O)O. The number of carboxylic acids is 1. The van der Waals surface area contributed by atoms with Crippen molar-refractivity contribution in [1.82, 2.24) is 15.1 Å². The van der Waals surface area contributed by atoms with E-state index >= 15 is 0 Å². The van der Waals surface area contributed by atoms with E-state index in [9.17, 15) is 9.59 Å². The molecule has 1 rings (SSSR count). The lowest BCUT2D eigenvalue weighted by Gasteiger charge is -2.15. The molecule has 0 spiro atoms. The molecule has 0 aliphatic heterocycles. The van der Waals surface area contributed by atoms with Crippen LogP contribution in [0.4, 0.5) is 0 Å². The van der Waals surface area contributed by atoms with Crippen molar-refractivity contribution in [2.45, 2.75) is 13.3 Å². The van der Waals surface area contributed by atoms with Gasteiger partial charge in [-0.3, -0.25) is 14.7 Å². The van der Waals surface area contributed by atoms with Crippen LogP contribution in [0.25, 0.3) is 0 Å².